The summed E-state index contributed by atoms with van der Waals surface area (Å²) in [5, 5.41) is 2.89. The molecule has 1 aliphatic rings. The molecule has 1 N–H and O–H groups in total. The van der Waals surface area contributed by atoms with Gasteiger partial charge in [-0.3, -0.25) is 4.79 Å². The normalized spacial score (nSPS) is 17.9. The molecule has 0 spiro atoms. The van der Waals surface area contributed by atoms with Crippen molar-refractivity contribution in [3.8, 4) is 0 Å². The van der Waals surface area contributed by atoms with Crippen molar-refractivity contribution >= 4 is 29.1 Å². The number of amides is 1. The highest BCUT2D eigenvalue weighted by atomic mass is 32.1. The lowest BCUT2D eigenvalue weighted by atomic mass is 9.76. The summed E-state index contributed by atoms with van der Waals surface area (Å²) in [7, 11) is 0. The van der Waals surface area contributed by atoms with Crippen LogP contribution in [0, 0.1) is 12.8 Å². The van der Waals surface area contributed by atoms with Crippen LogP contribution in [-0.4, -0.2) is 30.1 Å². The van der Waals surface area contributed by atoms with Crippen LogP contribution in [0.5, 0.6) is 0 Å². The summed E-state index contributed by atoms with van der Waals surface area (Å²) in [5.74, 6) is -2.15. The van der Waals surface area contributed by atoms with Crippen molar-refractivity contribution < 1.29 is 32.2 Å². The van der Waals surface area contributed by atoms with Gasteiger partial charge in [0.2, 0.25) is 0 Å². The molecule has 0 aromatic heterocycles. The van der Waals surface area contributed by atoms with Gasteiger partial charge < -0.3 is 14.8 Å². The average Bonchev–Trinajstić information content (AvgIpc) is 3.18. The Labute approximate surface area is 188 Å². The van der Waals surface area contributed by atoms with E-state index in [0.29, 0.717) is 12.0 Å². The lowest BCUT2D eigenvalue weighted by Gasteiger charge is -2.37. The Morgan fingerprint density at radius 1 is 1.09 bits per heavy atom. The SMILES string of the molecule is CCOC(=O)C(NC(=O)c1ccc(C(F)(F)F)cc1)(c1ccc(C)cc1)C1CCOC1=S. The molecule has 1 aliphatic heterocycles. The first kappa shape index (κ1) is 23.7. The van der Waals surface area contributed by atoms with Crippen LogP contribution in [0.25, 0.3) is 0 Å². The first-order valence-corrected chi connectivity index (χ1v) is 10.4. The third-order valence-corrected chi connectivity index (χ3v) is 5.75. The summed E-state index contributed by atoms with van der Waals surface area (Å²) < 4.78 is 49.5. The van der Waals surface area contributed by atoms with Gasteiger partial charge in [0.05, 0.1) is 24.7 Å². The van der Waals surface area contributed by atoms with Gasteiger partial charge >= 0.3 is 12.1 Å². The predicted octanol–water partition coefficient (Wildman–Crippen LogP) is 4.57. The van der Waals surface area contributed by atoms with Gasteiger partial charge in [-0.25, -0.2) is 4.79 Å². The van der Waals surface area contributed by atoms with Gasteiger partial charge in [0.25, 0.3) is 5.91 Å². The van der Waals surface area contributed by atoms with E-state index in [1.807, 2.05) is 6.92 Å². The highest BCUT2D eigenvalue weighted by Gasteiger charge is 2.54. The van der Waals surface area contributed by atoms with Crippen LogP contribution in [-0.2, 0) is 26.0 Å². The zero-order valence-electron chi connectivity index (χ0n) is 17.5. The zero-order valence-corrected chi connectivity index (χ0v) is 18.3. The third-order valence-electron chi connectivity index (χ3n) is 5.35. The van der Waals surface area contributed by atoms with Gasteiger partial charge in [-0.2, -0.15) is 13.2 Å². The molecule has 32 heavy (non-hydrogen) atoms. The average molecular weight is 465 g/mol. The Morgan fingerprint density at radius 2 is 1.69 bits per heavy atom. The van der Waals surface area contributed by atoms with Crippen LogP contribution in [0.15, 0.2) is 48.5 Å². The molecule has 170 valence electrons. The Balaban J connectivity index is 2.08. The molecule has 1 saturated heterocycles. The molecule has 0 aliphatic carbocycles. The van der Waals surface area contributed by atoms with Gasteiger partial charge in [0.15, 0.2) is 10.6 Å². The van der Waals surface area contributed by atoms with Crippen LogP contribution >= 0.6 is 12.2 Å². The van der Waals surface area contributed by atoms with E-state index in [4.69, 9.17) is 21.7 Å². The lowest BCUT2D eigenvalue weighted by Crippen LogP contribution is -2.58. The molecule has 0 radical (unpaired) electrons. The molecule has 9 heteroatoms. The fraction of sp³-hybridized carbons (Fsp3) is 0.348. The van der Waals surface area contributed by atoms with Crippen LogP contribution < -0.4 is 5.32 Å². The number of rotatable bonds is 6. The maximum atomic E-state index is 13.3. The summed E-state index contributed by atoms with van der Waals surface area (Å²) in [6.07, 6.45) is -4.17. The monoisotopic (exact) mass is 465 g/mol. The molecule has 5 nitrogen and oxygen atoms in total. The second-order valence-corrected chi connectivity index (χ2v) is 7.83. The minimum atomic E-state index is -4.53. The highest BCUT2D eigenvalue weighted by Crippen LogP contribution is 2.39. The fourth-order valence-electron chi connectivity index (χ4n) is 3.68. The maximum absolute atomic E-state index is 13.3. The van der Waals surface area contributed by atoms with E-state index in [9.17, 15) is 22.8 Å². The molecular weight excluding hydrogens is 443 g/mol. The summed E-state index contributed by atoms with van der Waals surface area (Å²) in [6, 6.07) is 10.7. The number of thiocarbonyl (C=S) groups is 1. The number of nitrogens with one attached hydrogen (secondary N) is 1. The number of esters is 1. The zero-order chi connectivity index (χ0) is 23.5. The van der Waals surface area contributed by atoms with Gasteiger partial charge in [-0.05, 0) is 62.3 Å². The van der Waals surface area contributed by atoms with Crippen molar-refractivity contribution in [2.75, 3.05) is 13.2 Å². The predicted molar refractivity (Wildman–Crippen MR) is 115 cm³/mol. The molecular formula is C23H22F3NO4S. The van der Waals surface area contributed by atoms with Crippen LogP contribution in [0.2, 0.25) is 0 Å². The van der Waals surface area contributed by atoms with Gasteiger partial charge in [-0.1, -0.05) is 29.8 Å². The van der Waals surface area contributed by atoms with E-state index >= 15 is 0 Å². The fourth-order valence-corrected chi connectivity index (χ4v) is 4.06. The van der Waals surface area contributed by atoms with Gasteiger partial charge in [-0.15, -0.1) is 0 Å². The van der Waals surface area contributed by atoms with E-state index in [2.05, 4.69) is 5.32 Å². The van der Waals surface area contributed by atoms with E-state index in [-0.39, 0.29) is 23.8 Å². The summed E-state index contributed by atoms with van der Waals surface area (Å²) >= 11 is 5.34. The molecule has 1 amide bonds. The Hall–Kier alpha value is -2.94. The Kier molecular flexibility index (Phi) is 6.88. The highest BCUT2D eigenvalue weighted by molar-refractivity contribution is 7.80. The molecule has 2 unspecified atom stereocenters. The van der Waals surface area contributed by atoms with Crippen LogP contribution in [0.3, 0.4) is 0 Å². The molecule has 1 heterocycles. The number of halogens is 3. The second-order valence-electron chi connectivity index (χ2n) is 7.43. The molecule has 0 bridgehead atoms. The molecule has 3 rings (SSSR count). The van der Waals surface area contributed by atoms with Crippen molar-refractivity contribution in [1.82, 2.24) is 5.32 Å². The quantitative estimate of drug-likeness (QED) is 0.500. The number of hydrogen-bond acceptors (Lipinski definition) is 5. The van der Waals surface area contributed by atoms with Crippen LogP contribution in [0.1, 0.15) is 40.4 Å². The Morgan fingerprint density at radius 3 is 2.19 bits per heavy atom. The molecule has 2 atom stereocenters. The van der Waals surface area contributed by atoms with Crippen molar-refractivity contribution in [2.45, 2.75) is 32.0 Å². The van der Waals surface area contributed by atoms with Gasteiger partial charge in [0, 0.05) is 5.56 Å². The number of hydrogen-bond donors (Lipinski definition) is 1. The topological polar surface area (TPSA) is 64.6 Å². The molecule has 1 fully saturated rings. The number of carbonyl (C=O) groups excluding carboxylic acids is 2. The number of aryl methyl sites for hydroxylation is 1. The Bertz CT molecular complexity index is 1010. The first-order valence-electron chi connectivity index (χ1n) is 10.0. The molecule has 0 saturated carbocycles. The minimum absolute atomic E-state index is 0.0383. The summed E-state index contributed by atoms with van der Waals surface area (Å²) in [4.78, 5) is 26.5. The van der Waals surface area contributed by atoms with Gasteiger partial charge in [0.1, 0.15) is 0 Å². The first-order chi connectivity index (χ1) is 15.1. The number of alkyl halides is 3. The largest absolute Gasteiger partial charge is 0.487 e. The third kappa shape index (κ3) is 4.62. The number of benzene rings is 2. The van der Waals surface area contributed by atoms with E-state index in [1.54, 1.807) is 31.2 Å². The molecule has 2 aromatic rings. The number of ether oxygens (including phenoxy) is 2. The van der Waals surface area contributed by atoms with E-state index in [0.717, 1.165) is 29.8 Å². The lowest BCUT2D eigenvalue weighted by molar-refractivity contribution is -0.153. The van der Waals surface area contributed by atoms with Crippen molar-refractivity contribution in [2.24, 2.45) is 5.92 Å². The standard InChI is InChI=1S/C23H22F3NO4S/c1-3-30-21(29)22(18-12-13-31-20(18)32,16-8-4-14(2)5-9-16)27-19(28)15-6-10-17(11-7-15)23(24,25)26/h4-11,18H,3,12-13H2,1-2H3,(H,27,28). The molecule has 2 aromatic carbocycles. The summed E-state index contributed by atoms with van der Waals surface area (Å²) in [6.45, 7) is 3.84. The van der Waals surface area contributed by atoms with Crippen molar-refractivity contribution in [1.29, 1.82) is 0 Å². The maximum Gasteiger partial charge on any atom is 0.416 e. The van der Waals surface area contributed by atoms with Crippen molar-refractivity contribution in [3.63, 3.8) is 0 Å². The number of carbonyl (C=O) groups is 2. The van der Waals surface area contributed by atoms with E-state index < -0.39 is 35.1 Å². The summed E-state index contributed by atoms with van der Waals surface area (Å²) in [5.41, 5.74) is -1.24. The second kappa shape index (κ2) is 9.28. The van der Waals surface area contributed by atoms with Crippen LogP contribution in [0.4, 0.5) is 13.2 Å². The van der Waals surface area contributed by atoms with Crippen molar-refractivity contribution in [3.05, 3.63) is 70.8 Å². The minimum Gasteiger partial charge on any atom is -0.487 e. The van der Waals surface area contributed by atoms with E-state index in [1.165, 1.54) is 0 Å². The smallest absolute Gasteiger partial charge is 0.416 e.